The number of benzene rings is 2. The molecule has 0 unspecified atom stereocenters. The summed E-state index contributed by atoms with van der Waals surface area (Å²) in [7, 11) is 1.70. The topological polar surface area (TPSA) is 85.9 Å². The lowest BCUT2D eigenvalue weighted by atomic mass is 9.53. The summed E-state index contributed by atoms with van der Waals surface area (Å²) in [5.41, 5.74) is 3.20. The van der Waals surface area contributed by atoms with Crippen LogP contribution in [0.5, 0.6) is 5.75 Å². The van der Waals surface area contributed by atoms with Crippen LogP contribution in [0.1, 0.15) is 62.2 Å². The maximum absolute atomic E-state index is 13.3. The van der Waals surface area contributed by atoms with E-state index < -0.39 is 0 Å². The minimum absolute atomic E-state index is 0.0544. The van der Waals surface area contributed by atoms with E-state index in [2.05, 4.69) is 31.8 Å². The molecular formula is C32H43N5O3. The van der Waals surface area contributed by atoms with Crippen molar-refractivity contribution in [2.24, 2.45) is 17.8 Å². The predicted octanol–water partition coefficient (Wildman–Crippen LogP) is 5.25. The fourth-order valence-corrected chi connectivity index (χ4v) is 8.15. The molecule has 3 amide bonds. The number of ether oxygens (including phenoxy) is 1. The fourth-order valence-electron chi connectivity index (χ4n) is 8.15. The van der Waals surface area contributed by atoms with Gasteiger partial charge in [-0.3, -0.25) is 4.79 Å². The highest BCUT2D eigenvalue weighted by atomic mass is 16.5. The molecule has 214 valence electrons. The van der Waals surface area contributed by atoms with E-state index in [9.17, 15) is 9.59 Å². The second-order valence-corrected chi connectivity index (χ2v) is 12.4. The number of amides is 3. The summed E-state index contributed by atoms with van der Waals surface area (Å²) >= 11 is 0. The number of anilines is 3. The van der Waals surface area contributed by atoms with Crippen molar-refractivity contribution in [3.8, 4) is 5.75 Å². The molecule has 8 heteroatoms. The highest BCUT2D eigenvalue weighted by Crippen LogP contribution is 2.55. The number of para-hydroxylation sites is 2. The fraction of sp³-hybridized carbons (Fsp3) is 0.562. The van der Waals surface area contributed by atoms with Crippen LogP contribution in [0.3, 0.4) is 0 Å². The Morgan fingerprint density at radius 1 is 0.900 bits per heavy atom. The molecule has 0 spiro atoms. The Labute approximate surface area is 237 Å². The van der Waals surface area contributed by atoms with Crippen LogP contribution in [-0.4, -0.2) is 57.3 Å². The van der Waals surface area contributed by atoms with Crippen LogP contribution in [0.2, 0.25) is 0 Å². The third kappa shape index (κ3) is 5.45. The highest BCUT2D eigenvalue weighted by molar-refractivity contribution is 6.02. The monoisotopic (exact) mass is 545 g/mol. The minimum Gasteiger partial charge on any atom is -0.495 e. The number of nitrogens with zero attached hydrogens (tertiary/aromatic N) is 2. The second kappa shape index (κ2) is 11.2. The van der Waals surface area contributed by atoms with Gasteiger partial charge >= 0.3 is 6.03 Å². The van der Waals surface area contributed by atoms with Gasteiger partial charge in [0.25, 0.3) is 5.91 Å². The zero-order chi connectivity index (χ0) is 27.7. The number of methoxy groups -OCH3 is 1. The van der Waals surface area contributed by atoms with E-state index in [0.29, 0.717) is 17.8 Å². The van der Waals surface area contributed by atoms with Crippen LogP contribution < -0.4 is 30.5 Å². The van der Waals surface area contributed by atoms with Gasteiger partial charge < -0.3 is 30.5 Å². The van der Waals surface area contributed by atoms with Crippen molar-refractivity contribution in [3.05, 3.63) is 48.0 Å². The lowest BCUT2D eigenvalue weighted by molar-refractivity contribution is -0.0127. The molecule has 8 nitrogen and oxygen atoms in total. The maximum atomic E-state index is 13.3. The average Bonchev–Trinajstić information content (AvgIpc) is 2.95. The van der Waals surface area contributed by atoms with Gasteiger partial charge in [0.1, 0.15) is 5.75 Å². The molecule has 1 aliphatic heterocycles. The average molecular weight is 546 g/mol. The Morgan fingerprint density at radius 2 is 1.52 bits per heavy atom. The first-order chi connectivity index (χ1) is 19.4. The number of hydrogen-bond acceptors (Lipinski definition) is 5. The zero-order valence-electron chi connectivity index (χ0n) is 23.9. The normalized spacial score (nSPS) is 26.9. The molecule has 0 atom stereocenters. The molecular weight excluding hydrogens is 502 g/mol. The largest absolute Gasteiger partial charge is 0.495 e. The van der Waals surface area contributed by atoms with E-state index in [4.69, 9.17) is 4.74 Å². The number of nitrogens with one attached hydrogen (secondary N) is 3. The molecule has 0 aromatic heterocycles. The van der Waals surface area contributed by atoms with Gasteiger partial charge in [-0.15, -0.1) is 0 Å². The Morgan fingerprint density at radius 3 is 2.15 bits per heavy atom. The number of urea groups is 1. The Hall–Kier alpha value is -3.42. The van der Waals surface area contributed by atoms with Crippen molar-refractivity contribution >= 4 is 29.0 Å². The molecule has 1 saturated heterocycles. The first-order valence-corrected chi connectivity index (χ1v) is 15.1. The maximum Gasteiger partial charge on any atom is 0.319 e. The van der Waals surface area contributed by atoms with Gasteiger partial charge in [0, 0.05) is 49.6 Å². The van der Waals surface area contributed by atoms with Gasteiger partial charge in [0.05, 0.1) is 18.4 Å². The highest BCUT2D eigenvalue weighted by Gasteiger charge is 2.51. The minimum atomic E-state index is -0.153. The lowest BCUT2D eigenvalue weighted by Crippen LogP contribution is -2.60. The van der Waals surface area contributed by atoms with Crippen molar-refractivity contribution in [1.29, 1.82) is 0 Å². The lowest BCUT2D eigenvalue weighted by Gasteiger charge is -2.56. The Balaban J connectivity index is 1.16. The van der Waals surface area contributed by atoms with Crippen LogP contribution >= 0.6 is 0 Å². The summed E-state index contributed by atoms with van der Waals surface area (Å²) in [6.07, 6.45) is 8.21. The van der Waals surface area contributed by atoms with Gasteiger partial charge in [-0.05, 0) is 93.0 Å². The van der Waals surface area contributed by atoms with Gasteiger partial charge in [-0.2, -0.15) is 0 Å². The van der Waals surface area contributed by atoms with Crippen LogP contribution in [0.4, 0.5) is 21.9 Å². The van der Waals surface area contributed by atoms with E-state index in [1.807, 2.05) is 43.3 Å². The smallest absolute Gasteiger partial charge is 0.319 e. The molecule has 4 aliphatic carbocycles. The van der Waals surface area contributed by atoms with E-state index in [-0.39, 0.29) is 17.5 Å². The third-order valence-corrected chi connectivity index (χ3v) is 9.50. The van der Waals surface area contributed by atoms with Crippen molar-refractivity contribution in [3.63, 3.8) is 0 Å². The SMILES string of the molecule is CCCNC(=O)c1cc(NC(=O)NC23CC4CC(CC(C4)C2)C3)ccc1N1CCN(c2ccccc2OC)CC1. The zero-order valence-corrected chi connectivity index (χ0v) is 23.9. The van der Waals surface area contributed by atoms with Crippen molar-refractivity contribution < 1.29 is 14.3 Å². The standard InChI is InChI=1S/C32H43N5O3/c1-3-10-33-30(38)26-18-25(34-31(39)35-32-19-22-15-23(20-32)17-24(16-22)21-32)8-9-27(26)36-11-13-37(14-12-36)28-6-4-5-7-29(28)40-2/h4-9,18,22-24H,3,10-17,19-21H2,1-2H3,(H,33,38)(H2,34,35,39). The van der Waals surface area contributed by atoms with Crippen LogP contribution in [0.15, 0.2) is 42.5 Å². The Bertz CT molecular complexity index is 1200. The molecule has 5 fully saturated rings. The quantitative estimate of drug-likeness (QED) is 0.422. The molecule has 40 heavy (non-hydrogen) atoms. The number of carbonyl (C=O) groups excluding carboxylic acids is 2. The summed E-state index contributed by atoms with van der Waals surface area (Å²) in [5, 5.41) is 9.50. The van der Waals surface area contributed by atoms with Crippen LogP contribution in [0, 0.1) is 17.8 Å². The van der Waals surface area contributed by atoms with Crippen LogP contribution in [-0.2, 0) is 0 Å². The summed E-state index contributed by atoms with van der Waals surface area (Å²) in [6, 6.07) is 13.7. The van der Waals surface area contributed by atoms with Crippen molar-refractivity contribution in [2.45, 2.75) is 57.4 Å². The Kier molecular flexibility index (Phi) is 7.51. The molecule has 5 aliphatic rings. The first-order valence-electron chi connectivity index (χ1n) is 15.1. The summed E-state index contributed by atoms with van der Waals surface area (Å²) in [5.74, 6) is 3.07. The molecule has 4 bridgehead atoms. The van der Waals surface area contributed by atoms with E-state index in [1.54, 1.807) is 7.11 Å². The number of hydrogen-bond donors (Lipinski definition) is 3. The van der Waals surface area contributed by atoms with Crippen molar-refractivity contribution in [1.82, 2.24) is 10.6 Å². The molecule has 2 aromatic rings. The third-order valence-electron chi connectivity index (χ3n) is 9.50. The van der Waals surface area contributed by atoms with E-state index in [0.717, 1.165) is 86.7 Å². The van der Waals surface area contributed by atoms with E-state index in [1.165, 1.54) is 19.3 Å². The number of rotatable bonds is 8. The molecule has 7 rings (SSSR count). The van der Waals surface area contributed by atoms with Gasteiger partial charge in [0.2, 0.25) is 0 Å². The molecule has 4 saturated carbocycles. The summed E-state index contributed by atoms with van der Waals surface area (Å²) in [4.78, 5) is 31.1. The predicted molar refractivity (Wildman–Crippen MR) is 160 cm³/mol. The first kappa shape index (κ1) is 26.8. The molecule has 0 radical (unpaired) electrons. The molecule has 3 N–H and O–H groups in total. The van der Waals surface area contributed by atoms with Crippen molar-refractivity contribution in [2.75, 3.05) is 55.0 Å². The van der Waals surface area contributed by atoms with Gasteiger partial charge in [0.15, 0.2) is 0 Å². The molecule has 1 heterocycles. The van der Waals surface area contributed by atoms with Gasteiger partial charge in [-0.1, -0.05) is 19.1 Å². The molecule has 2 aromatic carbocycles. The second-order valence-electron chi connectivity index (χ2n) is 12.4. The van der Waals surface area contributed by atoms with Crippen LogP contribution in [0.25, 0.3) is 0 Å². The summed E-state index contributed by atoms with van der Waals surface area (Å²) < 4.78 is 5.57. The number of piperazine rings is 1. The summed E-state index contributed by atoms with van der Waals surface area (Å²) in [6.45, 7) is 5.87. The number of carbonyl (C=O) groups is 2. The van der Waals surface area contributed by atoms with Gasteiger partial charge in [-0.25, -0.2) is 4.79 Å². The van der Waals surface area contributed by atoms with E-state index >= 15 is 0 Å².